The molecule has 0 saturated carbocycles. The monoisotopic (exact) mass is 418 g/mol. The minimum atomic E-state index is -0.0761. The highest BCUT2D eigenvalue weighted by Crippen LogP contribution is 2.32. The Morgan fingerprint density at radius 2 is 2.00 bits per heavy atom. The molecule has 3 aromatic heterocycles. The molecule has 30 heavy (non-hydrogen) atoms. The number of fused-ring (bicyclic) bond motifs is 1. The zero-order valence-electron chi connectivity index (χ0n) is 17.6. The van der Waals surface area contributed by atoms with Crippen LogP contribution in [-0.2, 0) is 17.8 Å². The minimum absolute atomic E-state index is 0.0641. The summed E-state index contributed by atoms with van der Waals surface area (Å²) in [6, 6.07) is 14.6. The molecule has 5 nitrogen and oxygen atoms in total. The molecule has 1 N–H and O–H groups in total. The van der Waals surface area contributed by atoms with E-state index in [1.165, 1.54) is 10.4 Å². The van der Waals surface area contributed by atoms with Crippen LogP contribution in [0.3, 0.4) is 0 Å². The molecule has 0 aliphatic rings. The highest BCUT2D eigenvalue weighted by atomic mass is 32.1. The first-order chi connectivity index (χ1) is 14.6. The van der Waals surface area contributed by atoms with Crippen molar-refractivity contribution < 1.29 is 4.79 Å². The Bertz CT molecular complexity index is 1150. The molecule has 6 heteroatoms. The SMILES string of the molecule is CCCc1ccc(C(C)NC(=O)Cn2nc(C)c3c(-c4cccs4)ccnc32)cc1. The third kappa shape index (κ3) is 4.14. The number of pyridine rings is 1. The Morgan fingerprint density at radius 1 is 1.20 bits per heavy atom. The number of carbonyl (C=O) groups excluding carboxylic acids is 1. The van der Waals surface area contributed by atoms with Gasteiger partial charge in [0.25, 0.3) is 0 Å². The topological polar surface area (TPSA) is 59.8 Å². The molecule has 0 bridgehead atoms. The number of hydrogen-bond donors (Lipinski definition) is 1. The molecule has 0 radical (unpaired) electrons. The lowest BCUT2D eigenvalue weighted by Crippen LogP contribution is -2.30. The molecule has 4 aromatic rings. The summed E-state index contributed by atoms with van der Waals surface area (Å²) in [6.45, 7) is 6.29. The summed E-state index contributed by atoms with van der Waals surface area (Å²) in [7, 11) is 0. The van der Waals surface area contributed by atoms with Gasteiger partial charge in [-0.3, -0.25) is 4.79 Å². The Morgan fingerprint density at radius 3 is 2.70 bits per heavy atom. The number of benzene rings is 1. The first-order valence-corrected chi connectivity index (χ1v) is 11.2. The van der Waals surface area contributed by atoms with Gasteiger partial charge in [0.15, 0.2) is 5.65 Å². The molecule has 0 aliphatic heterocycles. The predicted molar refractivity (Wildman–Crippen MR) is 123 cm³/mol. The smallest absolute Gasteiger partial charge is 0.242 e. The largest absolute Gasteiger partial charge is 0.348 e. The van der Waals surface area contributed by atoms with E-state index in [4.69, 9.17) is 0 Å². The van der Waals surface area contributed by atoms with Crippen molar-refractivity contribution in [2.45, 2.75) is 46.2 Å². The van der Waals surface area contributed by atoms with E-state index in [0.29, 0.717) is 0 Å². The molecule has 1 atom stereocenters. The molecule has 1 amide bonds. The van der Waals surface area contributed by atoms with Crippen molar-refractivity contribution in [1.29, 1.82) is 0 Å². The zero-order valence-corrected chi connectivity index (χ0v) is 18.4. The van der Waals surface area contributed by atoms with Gasteiger partial charge in [-0.25, -0.2) is 9.67 Å². The van der Waals surface area contributed by atoms with Crippen LogP contribution < -0.4 is 5.32 Å². The second-order valence-electron chi connectivity index (χ2n) is 7.56. The quantitative estimate of drug-likeness (QED) is 0.443. The summed E-state index contributed by atoms with van der Waals surface area (Å²) < 4.78 is 1.70. The third-order valence-corrected chi connectivity index (χ3v) is 6.19. The first kappa shape index (κ1) is 20.3. The Balaban J connectivity index is 1.51. The molecular formula is C24H26N4OS. The minimum Gasteiger partial charge on any atom is -0.348 e. The highest BCUT2D eigenvalue weighted by molar-refractivity contribution is 7.13. The van der Waals surface area contributed by atoms with Gasteiger partial charge in [0.05, 0.1) is 17.1 Å². The van der Waals surface area contributed by atoms with Crippen molar-refractivity contribution in [3.8, 4) is 10.4 Å². The summed E-state index contributed by atoms with van der Waals surface area (Å²) in [5, 5.41) is 10.8. The fourth-order valence-electron chi connectivity index (χ4n) is 3.80. The summed E-state index contributed by atoms with van der Waals surface area (Å²) in [5.74, 6) is -0.0761. The van der Waals surface area contributed by atoms with E-state index in [1.807, 2.05) is 26.0 Å². The lowest BCUT2D eigenvalue weighted by Gasteiger charge is -2.15. The van der Waals surface area contributed by atoms with Gasteiger partial charge >= 0.3 is 0 Å². The van der Waals surface area contributed by atoms with Gasteiger partial charge in [-0.15, -0.1) is 11.3 Å². The number of aryl methyl sites for hydroxylation is 2. The van der Waals surface area contributed by atoms with E-state index >= 15 is 0 Å². The van der Waals surface area contributed by atoms with Gasteiger partial charge in [-0.2, -0.15) is 5.10 Å². The molecule has 1 unspecified atom stereocenters. The maximum Gasteiger partial charge on any atom is 0.242 e. The van der Waals surface area contributed by atoms with Gasteiger partial charge in [0.2, 0.25) is 5.91 Å². The Kier molecular flexibility index (Phi) is 5.95. The number of aromatic nitrogens is 3. The fraction of sp³-hybridized carbons (Fsp3) is 0.292. The van der Waals surface area contributed by atoms with Crippen LogP contribution in [0, 0.1) is 6.92 Å². The normalized spacial score (nSPS) is 12.2. The summed E-state index contributed by atoms with van der Waals surface area (Å²) in [5.41, 5.74) is 5.16. The van der Waals surface area contributed by atoms with Crippen LogP contribution in [-0.4, -0.2) is 20.7 Å². The number of thiophene rings is 1. The van der Waals surface area contributed by atoms with Crippen molar-refractivity contribution in [3.63, 3.8) is 0 Å². The van der Waals surface area contributed by atoms with Crippen LogP contribution in [0.5, 0.6) is 0 Å². The van der Waals surface area contributed by atoms with E-state index in [-0.39, 0.29) is 18.5 Å². The van der Waals surface area contributed by atoms with Crippen LogP contribution >= 0.6 is 11.3 Å². The lowest BCUT2D eigenvalue weighted by atomic mass is 10.0. The van der Waals surface area contributed by atoms with Crippen LogP contribution in [0.25, 0.3) is 21.5 Å². The maximum absolute atomic E-state index is 12.7. The van der Waals surface area contributed by atoms with Gasteiger partial charge in [0.1, 0.15) is 6.54 Å². The second kappa shape index (κ2) is 8.79. The highest BCUT2D eigenvalue weighted by Gasteiger charge is 2.17. The third-order valence-electron chi connectivity index (χ3n) is 5.28. The van der Waals surface area contributed by atoms with E-state index in [9.17, 15) is 4.79 Å². The van der Waals surface area contributed by atoms with E-state index in [0.717, 1.165) is 40.7 Å². The Labute approximate surface area is 180 Å². The van der Waals surface area contributed by atoms with E-state index < -0.39 is 0 Å². The zero-order chi connectivity index (χ0) is 21.1. The van der Waals surface area contributed by atoms with E-state index in [2.05, 4.69) is 58.0 Å². The number of hydrogen-bond acceptors (Lipinski definition) is 4. The van der Waals surface area contributed by atoms with E-state index in [1.54, 1.807) is 22.2 Å². The number of rotatable bonds is 7. The predicted octanol–water partition coefficient (Wildman–Crippen LogP) is 5.30. The fourth-order valence-corrected chi connectivity index (χ4v) is 4.56. The van der Waals surface area contributed by atoms with Crippen LogP contribution in [0.1, 0.15) is 43.1 Å². The summed E-state index contributed by atoms with van der Waals surface area (Å²) in [6.07, 6.45) is 3.99. The number of nitrogens with zero attached hydrogens (tertiary/aromatic N) is 3. The standard InChI is InChI=1S/C24H26N4OS/c1-4-6-18-8-10-19(11-9-18)16(2)26-22(29)15-28-24-23(17(3)27-28)20(12-13-25-24)21-7-5-14-30-21/h5,7-14,16H,4,6,15H2,1-3H3,(H,26,29). The van der Waals surface area contributed by atoms with Crippen molar-refractivity contribution in [2.75, 3.05) is 0 Å². The molecule has 4 rings (SSSR count). The number of carbonyl (C=O) groups is 1. The summed E-state index contributed by atoms with van der Waals surface area (Å²) >= 11 is 1.69. The molecule has 0 spiro atoms. The first-order valence-electron chi connectivity index (χ1n) is 10.3. The number of amides is 1. The molecule has 1 aromatic carbocycles. The molecule has 154 valence electrons. The van der Waals surface area contributed by atoms with Gasteiger partial charge in [-0.1, -0.05) is 43.7 Å². The van der Waals surface area contributed by atoms with Crippen molar-refractivity contribution >= 4 is 28.3 Å². The van der Waals surface area contributed by atoms with Gasteiger partial charge in [0, 0.05) is 16.6 Å². The van der Waals surface area contributed by atoms with Crippen molar-refractivity contribution in [3.05, 3.63) is 70.9 Å². The van der Waals surface area contributed by atoms with Crippen molar-refractivity contribution in [1.82, 2.24) is 20.1 Å². The van der Waals surface area contributed by atoms with Gasteiger partial charge < -0.3 is 5.32 Å². The average Bonchev–Trinajstić information content (AvgIpc) is 3.38. The molecule has 3 heterocycles. The maximum atomic E-state index is 12.7. The average molecular weight is 419 g/mol. The van der Waals surface area contributed by atoms with Crippen molar-refractivity contribution in [2.24, 2.45) is 0 Å². The molecular weight excluding hydrogens is 392 g/mol. The van der Waals surface area contributed by atoms with Crippen LogP contribution in [0.4, 0.5) is 0 Å². The Hall–Kier alpha value is -2.99. The summed E-state index contributed by atoms with van der Waals surface area (Å²) in [4.78, 5) is 18.4. The molecule has 0 aliphatic carbocycles. The molecule has 0 saturated heterocycles. The molecule has 0 fully saturated rings. The second-order valence-corrected chi connectivity index (χ2v) is 8.51. The van der Waals surface area contributed by atoms with Crippen LogP contribution in [0.15, 0.2) is 54.0 Å². The van der Waals surface area contributed by atoms with Gasteiger partial charge in [-0.05, 0) is 48.9 Å². The van der Waals surface area contributed by atoms with Crippen LogP contribution in [0.2, 0.25) is 0 Å². The lowest BCUT2D eigenvalue weighted by molar-refractivity contribution is -0.122. The number of nitrogens with one attached hydrogen (secondary N) is 1.